The first-order valence-corrected chi connectivity index (χ1v) is 9.48. The Morgan fingerprint density at radius 1 is 1.14 bits per heavy atom. The van der Waals surface area contributed by atoms with Crippen molar-refractivity contribution >= 4 is 28.3 Å². The summed E-state index contributed by atoms with van der Waals surface area (Å²) in [5.41, 5.74) is 1.91. The smallest absolute Gasteiger partial charge is 0.336 e. The highest BCUT2D eigenvalue weighted by molar-refractivity contribution is 6.32. The Morgan fingerprint density at radius 2 is 1.93 bits per heavy atom. The molecule has 1 aliphatic rings. The number of halogens is 1. The van der Waals surface area contributed by atoms with Crippen molar-refractivity contribution in [2.45, 2.75) is 6.54 Å². The quantitative estimate of drug-likeness (QED) is 0.676. The predicted molar refractivity (Wildman–Crippen MR) is 110 cm³/mol. The van der Waals surface area contributed by atoms with E-state index in [1.165, 1.54) is 12.1 Å². The van der Waals surface area contributed by atoms with Gasteiger partial charge in [0.1, 0.15) is 17.1 Å². The van der Waals surface area contributed by atoms with E-state index >= 15 is 0 Å². The number of rotatable bonds is 4. The van der Waals surface area contributed by atoms with Gasteiger partial charge < -0.3 is 19.2 Å². The molecule has 1 aromatic heterocycles. The lowest BCUT2D eigenvalue weighted by molar-refractivity contribution is 0.250. The molecule has 1 saturated heterocycles. The molecule has 4 rings (SSSR count). The molecule has 0 unspecified atom stereocenters. The largest absolute Gasteiger partial charge is 0.506 e. The molecule has 1 N–H and O–H groups in total. The average Bonchev–Trinajstić information content (AvgIpc) is 2.70. The Morgan fingerprint density at radius 3 is 2.68 bits per heavy atom. The molecule has 0 bridgehead atoms. The van der Waals surface area contributed by atoms with Crippen LogP contribution in [-0.2, 0) is 6.54 Å². The minimum atomic E-state index is -0.431. The highest BCUT2D eigenvalue weighted by Gasteiger charge is 2.19. The summed E-state index contributed by atoms with van der Waals surface area (Å²) in [5, 5.41) is 10.8. The monoisotopic (exact) mass is 400 g/mol. The van der Waals surface area contributed by atoms with Crippen molar-refractivity contribution in [1.82, 2.24) is 4.90 Å². The van der Waals surface area contributed by atoms with E-state index in [1.807, 2.05) is 18.2 Å². The van der Waals surface area contributed by atoms with Gasteiger partial charge in [-0.05, 0) is 23.8 Å². The Bertz CT molecular complexity index is 1060. The van der Waals surface area contributed by atoms with E-state index in [4.69, 9.17) is 20.8 Å². The fourth-order valence-electron chi connectivity index (χ4n) is 3.58. The molecule has 0 amide bonds. The van der Waals surface area contributed by atoms with Gasteiger partial charge in [0.25, 0.3) is 0 Å². The Balaban J connectivity index is 1.50. The van der Waals surface area contributed by atoms with Gasteiger partial charge in [0, 0.05) is 62.0 Å². The molecule has 0 atom stereocenters. The summed E-state index contributed by atoms with van der Waals surface area (Å²) in [6.45, 7) is 4.12. The SMILES string of the molecule is COc1cccc(N2CCN(Cc3cc(=O)oc4cc(O)c(Cl)cc34)CC2)c1. The van der Waals surface area contributed by atoms with Crippen molar-refractivity contribution in [3.05, 3.63) is 63.5 Å². The number of phenolic OH excluding ortho intramolecular Hbond substituents is 1. The Labute approximate surface area is 167 Å². The number of methoxy groups -OCH3 is 1. The molecule has 2 aromatic carbocycles. The van der Waals surface area contributed by atoms with E-state index in [-0.39, 0.29) is 10.8 Å². The molecular weight excluding hydrogens is 380 g/mol. The Kier molecular flexibility index (Phi) is 5.15. The van der Waals surface area contributed by atoms with E-state index in [9.17, 15) is 9.90 Å². The molecule has 3 aromatic rings. The first kappa shape index (κ1) is 18.7. The van der Waals surface area contributed by atoms with Crippen LogP contribution in [0, 0.1) is 0 Å². The van der Waals surface area contributed by atoms with Crippen LogP contribution in [0.2, 0.25) is 5.02 Å². The van der Waals surface area contributed by atoms with Crippen molar-refractivity contribution in [3.63, 3.8) is 0 Å². The van der Waals surface area contributed by atoms with Gasteiger partial charge in [0.2, 0.25) is 0 Å². The third kappa shape index (κ3) is 3.79. The highest BCUT2D eigenvalue weighted by atomic mass is 35.5. The zero-order valence-corrected chi connectivity index (χ0v) is 16.3. The molecule has 0 radical (unpaired) electrons. The number of aromatic hydroxyl groups is 1. The molecule has 0 saturated carbocycles. The molecular formula is C21H21ClN2O4. The van der Waals surface area contributed by atoms with E-state index < -0.39 is 5.63 Å². The van der Waals surface area contributed by atoms with Gasteiger partial charge in [-0.2, -0.15) is 0 Å². The molecule has 0 aliphatic carbocycles. The van der Waals surface area contributed by atoms with Crippen LogP contribution in [0.25, 0.3) is 11.0 Å². The second-order valence-corrected chi connectivity index (χ2v) is 7.26. The molecule has 1 fully saturated rings. The maximum atomic E-state index is 11.9. The molecule has 6 nitrogen and oxygen atoms in total. The molecule has 2 heterocycles. The summed E-state index contributed by atoms with van der Waals surface area (Å²) >= 11 is 6.05. The second kappa shape index (κ2) is 7.73. The lowest BCUT2D eigenvalue weighted by Gasteiger charge is -2.36. The van der Waals surface area contributed by atoms with Crippen LogP contribution in [0.4, 0.5) is 5.69 Å². The van der Waals surface area contributed by atoms with E-state index in [0.29, 0.717) is 12.1 Å². The first-order valence-electron chi connectivity index (χ1n) is 9.10. The van der Waals surface area contributed by atoms with Crippen molar-refractivity contribution in [3.8, 4) is 11.5 Å². The maximum Gasteiger partial charge on any atom is 0.336 e. The second-order valence-electron chi connectivity index (χ2n) is 6.86. The molecule has 1 aliphatic heterocycles. The number of fused-ring (bicyclic) bond motifs is 1. The van der Waals surface area contributed by atoms with Crippen molar-refractivity contribution in [1.29, 1.82) is 0 Å². The van der Waals surface area contributed by atoms with Gasteiger partial charge in [-0.1, -0.05) is 17.7 Å². The molecule has 7 heteroatoms. The van der Waals surface area contributed by atoms with Gasteiger partial charge in [-0.15, -0.1) is 0 Å². The van der Waals surface area contributed by atoms with Crippen LogP contribution in [-0.4, -0.2) is 43.3 Å². The number of nitrogens with zero attached hydrogens (tertiary/aromatic N) is 2. The van der Waals surface area contributed by atoms with E-state index in [2.05, 4.69) is 15.9 Å². The van der Waals surface area contributed by atoms with Gasteiger partial charge >= 0.3 is 5.63 Å². The van der Waals surface area contributed by atoms with E-state index in [0.717, 1.165) is 48.6 Å². The van der Waals surface area contributed by atoms with Gasteiger partial charge in [-0.3, -0.25) is 4.90 Å². The first-order chi connectivity index (χ1) is 13.5. The van der Waals surface area contributed by atoms with Crippen molar-refractivity contribution in [2.75, 3.05) is 38.2 Å². The number of piperazine rings is 1. The number of hydrogen-bond acceptors (Lipinski definition) is 6. The molecule has 0 spiro atoms. The van der Waals surface area contributed by atoms with Gasteiger partial charge in [-0.25, -0.2) is 4.79 Å². The van der Waals surface area contributed by atoms with Crippen molar-refractivity contribution < 1.29 is 14.3 Å². The number of phenols is 1. The van der Waals surface area contributed by atoms with Gasteiger partial charge in [0.05, 0.1) is 12.1 Å². The third-order valence-electron chi connectivity index (χ3n) is 5.08. The summed E-state index contributed by atoms with van der Waals surface area (Å²) < 4.78 is 10.5. The normalized spacial score (nSPS) is 15.1. The Hall–Kier alpha value is -2.70. The summed E-state index contributed by atoms with van der Waals surface area (Å²) in [4.78, 5) is 16.5. The average molecular weight is 401 g/mol. The standard InChI is InChI=1S/C21H21ClN2O4/c1-27-16-4-2-3-15(10-16)24-7-5-23(6-8-24)13-14-9-21(26)28-20-12-19(25)18(22)11-17(14)20/h2-4,9-12,25H,5-8,13H2,1H3. The minimum absolute atomic E-state index is 0.0960. The number of ether oxygens (including phenoxy) is 1. The van der Waals surface area contributed by atoms with Gasteiger partial charge in [0.15, 0.2) is 0 Å². The molecule has 28 heavy (non-hydrogen) atoms. The number of hydrogen-bond donors (Lipinski definition) is 1. The lowest BCUT2D eigenvalue weighted by Crippen LogP contribution is -2.46. The topological polar surface area (TPSA) is 66.2 Å². The minimum Gasteiger partial charge on any atom is -0.506 e. The summed E-state index contributed by atoms with van der Waals surface area (Å²) in [5.74, 6) is 0.754. The fourth-order valence-corrected chi connectivity index (χ4v) is 3.74. The number of benzene rings is 2. The summed E-state index contributed by atoms with van der Waals surface area (Å²) in [6, 6.07) is 12.6. The maximum absolute atomic E-state index is 11.9. The lowest BCUT2D eigenvalue weighted by atomic mass is 10.1. The zero-order valence-electron chi connectivity index (χ0n) is 15.5. The van der Waals surface area contributed by atoms with Crippen LogP contribution < -0.4 is 15.3 Å². The summed E-state index contributed by atoms with van der Waals surface area (Å²) in [7, 11) is 1.67. The predicted octanol–water partition coefficient (Wildman–Crippen LogP) is 3.48. The van der Waals surface area contributed by atoms with E-state index in [1.54, 1.807) is 13.2 Å². The fraction of sp³-hybridized carbons (Fsp3) is 0.286. The highest BCUT2D eigenvalue weighted by Crippen LogP contribution is 2.30. The van der Waals surface area contributed by atoms with Crippen LogP contribution >= 0.6 is 11.6 Å². The molecule has 146 valence electrons. The number of anilines is 1. The summed E-state index contributed by atoms with van der Waals surface area (Å²) in [6.07, 6.45) is 0. The van der Waals surface area contributed by atoms with Crippen LogP contribution in [0.15, 0.2) is 51.7 Å². The zero-order chi connectivity index (χ0) is 19.7. The third-order valence-corrected chi connectivity index (χ3v) is 5.39. The van der Waals surface area contributed by atoms with Crippen LogP contribution in [0.1, 0.15) is 5.56 Å². The van der Waals surface area contributed by atoms with Crippen molar-refractivity contribution in [2.24, 2.45) is 0 Å². The van der Waals surface area contributed by atoms with Crippen LogP contribution in [0.5, 0.6) is 11.5 Å². The van der Waals surface area contributed by atoms with Crippen LogP contribution in [0.3, 0.4) is 0 Å².